The molecule has 8 nitrogen and oxygen atoms in total. The Bertz CT molecular complexity index is 605. The van der Waals surface area contributed by atoms with Crippen molar-refractivity contribution < 1.29 is 24.6 Å². The topological polar surface area (TPSA) is 120 Å². The SMILES string of the molecule is O=C(O)N[C@@H](Cc1ccc(O)cc1)C(=O)NCC1CC(Br)=NO1. The van der Waals surface area contributed by atoms with Crippen molar-refractivity contribution in [1.29, 1.82) is 0 Å². The van der Waals surface area contributed by atoms with Crippen LogP contribution in [0.25, 0.3) is 0 Å². The molecule has 0 radical (unpaired) electrons. The van der Waals surface area contributed by atoms with Crippen LogP contribution in [0.1, 0.15) is 12.0 Å². The predicted molar refractivity (Wildman–Crippen MR) is 85.6 cm³/mol. The van der Waals surface area contributed by atoms with Gasteiger partial charge in [0.05, 0.1) is 6.54 Å². The number of carboxylic acid groups (broad SMARTS) is 1. The zero-order chi connectivity index (χ0) is 16.8. The van der Waals surface area contributed by atoms with Crippen molar-refractivity contribution >= 4 is 32.6 Å². The minimum absolute atomic E-state index is 0.102. The van der Waals surface area contributed by atoms with Crippen LogP contribution >= 0.6 is 15.9 Å². The maximum atomic E-state index is 12.2. The summed E-state index contributed by atoms with van der Waals surface area (Å²) in [7, 11) is 0. The second-order valence-corrected chi connectivity index (χ2v) is 5.93. The summed E-state index contributed by atoms with van der Waals surface area (Å²) in [5.41, 5.74) is 0.722. The molecule has 1 aliphatic rings. The number of carbonyl (C=O) groups is 2. The first kappa shape index (κ1) is 17.1. The summed E-state index contributed by atoms with van der Waals surface area (Å²) >= 11 is 3.20. The molecule has 0 saturated heterocycles. The number of rotatable bonds is 6. The summed E-state index contributed by atoms with van der Waals surface area (Å²) in [6, 6.07) is 5.27. The molecular weight excluding hydrogens is 370 g/mol. The van der Waals surface area contributed by atoms with Gasteiger partial charge in [-0.05, 0) is 33.6 Å². The maximum Gasteiger partial charge on any atom is 0.405 e. The second kappa shape index (κ2) is 7.82. The van der Waals surface area contributed by atoms with E-state index in [1.165, 1.54) is 12.1 Å². The third kappa shape index (κ3) is 5.44. The summed E-state index contributed by atoms with van der Waals surface area (Å²) in [4.78, 5) is 28.1. The Labute approximate surface area is 140 Å². The Morgan fingerprint density at radius 1 is 1.39 bits per heavy atom. The Balaban J connectivity index is 1.92. The third-order valence-corrected chi connectivity index (χ3v) is 3.66. The number of nitrogens with zero attached hydrogens (tertiary/aromatic N) is 1. The molecule has 1 aromatic carbocycles. The van der Waals surface area contributed by atoms with E-state index < -0.39 is 18.0 Å². The van der Waals surface area contributed by atoms with Crippen LogP contribution in [0.2, 0.25) is 0 Å². The fourth-order valence-electron chi connectivity index (χ4n) is 2.07. The Morgan fingerprint density at radius 2 is 2.09 bits per heavy atom. The zero-order valence-corrected chi connectivity index (χ0v) is 13.6. The number of amides is 2. The number of aromatic hydroxyl groups is 1. The molecule has 0 aliphatic carbocycles. The van der Waals surface area contributed by atoms with Gasteiger partial charge in [-0.1, -0.05) is 17.3 Å². The number of phenolic OH excluding ortho intramolecular Hbond substituents is 1. The van der Waals surface area contributed by atoms with Gasteiger partial charge in [-0.15, -0.1) is 0 Å². The van der Waals surface area contributed by atoms with Crippen LogP contribution in [-0.2, 0) is 16.1 Å². The Hall–Kier alpha value is -2.29. The predicted octanol–water partition coefficient (Wildman–Crippen LogP) is 1.18. The Kier molecular flexibility index (Phi) is 5.80. The van der Waals surface area contributed by atoms with Crippen molar-refractivity contribution in [2.24, 2.45) is 5.16 Å². The van der Waals surface area contributed by atoms with E-state index in [0.717, 1.165) is 5.56 Å². The molecule has 1 aliphatic heterocycles. The lowest BCUT2D eigenvalue weighted by atomic mass is 10.1. The molecule has 2 rings (SSSR count). The molecule has 0 aromatic heterocycles. The number of oxime groups is 1. The van der Waals surface area contributed by atoms with Crippen molar-refractivity contribution in [3.63, 3.8) is 0 Å². The summed E-state index contributed by atoms with van der Waals surface area (Å²) in [6.45, 7) is 0.227. The van der Waals surface area contributed by atoms with Crippen LogP contribution < -0.4 is 10.6 Å². The van der Waals surface area contributed by atoms with E-state index in [2.05, 4.69) is 31.7 Å². The monoisotopic (exact) mass is 385 g/mol. The molecule has 0 bridgehead atoms. The molecule has 0 saturated carbocycles. The molecule has 2 atom stereocenters. The number of halogens is 1. The number of benzene rings is 1. The standard InChI is InChI=1S/C14H16BrN3O5/c15-12-6-10(23-18-12)7-16-13(20)11(17-14(21)22)5-8-1-3-9(19)4-2-8/h1-4,10-11,17,19H,5-7H2,(H,16,20)(H,21,22)/t10?,11-/m0/s1. The summed E-state index contributed by atoms with van der Waals surface area (Å²) in [5, 5.41) is 26.7. The van der Waals surface area contributed by atoms with Gasteiger partial charge in [-0.3, -0.25) is 4.79 Å². The van der Waals surface area contributed by atoms with Crippen LogP contribution in [0.3, 0.4) is 0 Å². The number of carbonyl (C=O) groups excluding carboxylic acids is 1. The largest absolute Gasteiger partial charge is 0.508 e. The van der Waals surface area contributed by atoms with E-state index in [4.69, 9.17) is 9.94 Å². The second-order valence-electron chi connectivity index (χ2n) is 5.02. The van der Waals surface area contributed by atoms with E-state index in [9.17, 15) is 14.7 Å². The summed E-state index contributed by atoms with van der Waals surface area (Å²) in [6.07, 6.45) is -0.834. The van der Waals surface area contributed by atoms with Gasteiger partial charge in [-0.25, -0.2) is 4.79 Å². The highest BCUT2D eigenvalue weighted by Crippen LogP contribution is 2.14. The highest BCUT2D eigenvalue weighted by Gasteiger charge is 2.24. The molecule has 4 N–H and O–H groups in total. The van der Waals surface area contributed by atoms with E-state index in [1.54, 1.807) is 12.1 Å². The molecule has 0 spiro atoms. The molecule has 23 heavy (non-hydrogen) atoms. The molecule has 1 aromatic rings. The fraction of sp³-hybridized carbons (Fsp3) is 0.357. The first-order valence-electron chi connectivity index (χ1n) is 6.87. The van der Waals surface area contributed by atoms with Gasteiger partial charge in [-0.2, -0.15) is 0 Å². The van der Waals surface area contributed by atoms with Gasteiger partial charge in [0.25, 0.3) is 0 Å². The van der Waals surface area contributed by atoms with E-state index >= 15 is 0 Å². The average Bonchev–Trinajstić information content (AvgIpc) is 2.91. The quantitative estimate of drug-likeness (QED) is 0.585. The van der Waals surface area contributed by atoms with Crippen molar-refractivity contribution in [3.05, 3.63) is 29.8 Å². The van der Waals surface area contributed by atoms with Gasteiger partial charge in [0, 0.05) is 12.8 Å². The lowest BCUT2D eigenvalue weighted by Gasteiger charge is -2.18. The van der Waals surface area contributed by atoms with Gasteiger partial charge >= 0.3 is 6.09 Å². The molecular formula is C14H16BrN3O5. The van der Waals surface area contributed by atoms with Crippen LogP contribution in [-0.4, -0.2) is 45.5 Å². The molecule has 1 heterocycles. The summed E-state index contributed by atoms with van der Waals surface area (Å²) < 4.78 is 0.668. The number of nitrogens with one attached hydrogen (secondary N) is 2. The van der Waals surface area contributed by atoms with Crippen LogP contribution in [0.5, 0.6) is 5.75 Å². The first-order valence-corrected chi connectivity index (χ1v) is 7.66. The van der Waals surface area contributed by atoms with Crippen LogP contribution in [0.15, 0.2) is 29.4 Å². The lowest BCUT2D eigenvalue weighted by molar-refractivity contribution is -0.123. The number of hydrogen-bond acceptors (Lipinski definition) is 5. The zero-order valence-electron chi connectivity index (χ0n) is 12.0. The van der Waals surface area contributed by atoms with Crippen molar-refractivity contribution in [2.75, 3.05) is 6.54 Å². The molecule has 1 unspecified atom stereocenters. The first-order chi connectivity index (χ1) is 10.9. The molecule has 2 amide bonds. The van der Waals surface area contributed by atoms with E-state index in [0.29, 0.717) is 11.0 Å². The third-order valence-electron chi connectivity index (χ3n) is 3.19. The number of phenols is 1. The molecule has 0 fully saturated rings. The van der Waals surface area contributed by atoms with Gasteiger partial charge < -0.3 is 25.7 Å². The minimum Gasteiger partial charge on any atom is -0.508 e. The highest BCUT2D eigenvalue weighted by atomic mass is 79.9. The van der Waals surface area contributed by atoms with Crippen molar-refractivity contribution in [2.45, 2.75) is 25.0 Å². The van der Waals surface area contributed by atoms with Crippen molar-refractivity contribution in [1.82, 2.24) is 10.6 Å². The number of hydrogen-bond donors (Lipinski definition) is 4. The van der Waals surface area contributed by atoms with Crippen molar-refractivity contribution in [3.8, 4) is 5.75 Å². The maximum absolute atomic E-state index is 12.2. The van der Waals surface area contributed by atoms with Gasteiger partial charge in [0.15, 0.2) is 6.10 Å². The van der Waals surface area contributed by atoms with Gasteiger partial charge in [0.2, 0.25) is 5.91 Å². The smallest absolute Gasteiger partial charge is 0.405 e. The molecule has 124 valence electrons. The van der Waals surface area contributed by atoms with E-state index in [1.807, 2.05) is 0 Å². The average molecular weight is 386 g/mol. The molecule has 9 heteroatoms. The Morgan fingerprint density at radius 3 is 2.65 bits per heavy atom. The lowest BCUT2D eigenvalue weighted by Crippen LogP contribution is -2.49. The van der Waals surface area contributed by atoms with Gasteiger partial charge in [0.1, 0.15) is 16.4 Å². The van der Waals surface area contributed by atoms with E-state index in [-0.39, 0.29) is 24.8 Å². The highest BCUT2D eigenvalue weighted by molar-refractivity contribution is 9.18. The fourth-order valence-corrected chi connectivity index (χ4v) is 2.51. The summed E-state index contributed by atoms with van der Waals surface area (Å²) in [5.74, 6) is -0.350. The minimum atomic E-state index is -1.29. The normalized spacial score (nSPS) is 17.8. The van der Waals surface area contributed by atoms with Crippen LogP contribution in [0, 0.1) is 0 Å². The van der Waals surface area contributed by atoms with Crippen LogP contribution in [0.4, 0.5) is 4.79 Å².